The van der Waals surface area contributed by atoms with Crippen LogP contribution in [0.25, 0.3) is 11.1 Å². The number of anilines is 2. The third-order valence-electron chi connectivity index (χ3n) is 6.12. The van der Waals surface area contributed by atoms with Crippen LogP contribution in [0.5, 0.6) is 17.2 Å². The Morgan fingerprint density at radius 2 is 1.53 bits per heavy atom. The van der Waals surface area contributed by atoms with Gasteiger partial charge in [-0.2, -0.15) is 0 Å². The van der Waals surface area contributed by atoms with Gasteiger partial charge in [0.1, 0.15) is 0 Å². The van der Waals surface area contributed by atoms with Crippen LogP contribution in [0.2, 0.25) is 0 Å². The average molecular weight is 461 g/mol. The molecule has 4 rings (SSSR count). The van der Waals surface area contributed by atoms with Gasteiger partial charge in [-0.15, -0.1) is 0 Å². The number of ether oxygens (including phenoxy) is 3. The fourth-order valence-electron chi connectivity index (χ4n) is 4.37. The molecule has 176 valence electrons. The molecule has 1 atom stereocenters. The van der Waals surface area contributed by atoms with E-state index in [0.717, 1.165) is 16.8 Å². The first kappa shape index (κ1) is 23.2. The van der Waals surface area contributed by atoms with Gasteiger partial charge in [0.2, 0.25) is 17.6 Å². The van der Waals surface area contributed by atoms with E-state index in [9.17, 15) is 9.59 Å². The quantitative estimate of drug-likeness (QED) is 0.523. The van der Waals surface area contributed by atoms with Crippen LogP contribution in [0.15, 0.2) is 66.7 Å². The van der Waals surface area contributed by atoms with E-state index >= 15 is 0 Å². The molecule has 0 N–H and O–H groups in total. The minimum absolute atomic E-state index is 0.105. The van der Waals surface area contributed by atoms with E-state index in [-0.39, 0.29) is 24.8 Å². The fraction of sp³-hybridized carbons (Fsp3) is 0.259. The molecule has 0 aromatic heterocycles. The van der Waals surface area contributed by atoms with E-state index in [1.165, 1.54) is 21.3 Å². The lowest BCUT2D eigenvalue weighted by Crippen LogP contribution is -2.35. The topological polar surface area (TPSA) is 68.3 Å². The van der Waals surface area contributed by atoms with E-state index in [2.05, 4.69) is 0 Å². The van der Waals surface area contributed by atoms with Gasteiger partial charge in [-0.05, 0) is 11.6 Å². The second-order valence-corrected chi connectivity index (χ2v) is 8.07. The number of carbonyl (C=O) groups excluding carboxylic acids is 2. The van der Waals surface area contributed by atoms with Crippen LogP contribution in [0.4, 0.5) is 11.4 Å². The van der Waals surface area contributed by atoms with Gasteiger partial charge >= 0.3 is 0 Å². The highest BCUT2D eigenvalue weighted by molar-refractivity contribution is 6.05. The summed E-state index contributed by atoms with van der Waals surface area (Å²) in [4.78, 5) is 29.7. The number of hydrogen-bond acceptors (Lipinski definition) is 5. The molecule has 0 bridgehead atoms. The maximum Gasteiger partial charge on any atom is 0.232 e. The summed E-state index contributed by atoms with van der Waals surface area (Å²) in [5.74, 6) is 0.649. The Morgan fingerprint density at radius 3 is 2.15 bits per heavy atom. The van der Waals surface area contributed by atoms with Gasteiger partial charge in [0.15, 0.2) is 11.5 Å². The third kappa shape index (κ3) is 4.29. The number of nitrogens with zero attached hydrogens (tertiary/aromatic N) is 2. The standard InChI is InChI=1S/C27H28N2O5/c1-28(22-13-9-8-12-21(22)18-10-6-5-7-11-18)27(31)19-14-25(30)29(17-19)20-15-23(32-2)26(34-4)24(16-20)33-3/h5-13,15-16,19H,14,17H2,1-4H3. The zero-order valence-corrected chi connectivity index (χ0v) is 19.8. The predicted octanol–water partition coefficient (Wildman–Crippen LogP) is 4.40. The third-order valence-corrected chi connectivity index (χ3v) is 6.12. The Morgan fingerprint density at radius 1 is 0.912 bits per heavy atom. The highest BCUT2D eigenvalue weighted by atomic mass is 16.5. The van der Waals surface area contributed by atoms with Crippen LogP contribution in [-0.4, -0.2) is 46.7 Å². The lowest BCUT2D eigenvalue weighted by molar-refractivity contribution is -0.124. The van der Waals surface area contributed by atoms with Crippen molar-refractivity contribution < 1.29 is 23.8 Å². The van der Waals surface area contributed by atoms with E-state index < -0.39 is 5.92 Å². The molecule has 1 saturated heterocycles. The zero-order chi connectivity index (χ0) is 24.2. The van der Waals surface area contributed by atoms with Crippen LogP contribution < -0.4 is 24.0 Å². The SMILES string of the molecule is COc1cc(N2CC(C(=O)N(C)c3ccccc3-c3ccccc3)CC2=O)cc(OC)c1OC. The second-order valence-electron chi connectivity index (χ2n) is 8.07. The minimum atomic E-state index is -0.472. The number of benzene rings is 3. The predicted molar refractivity (Wildman–Crippen MR) is 132 cm³/mol. The maximum atomic E-state index is 13.5. The number of hydrogen-bond donors (Lipinski definition) is 0. The van der Waals surface area contributed by atoms with Crippen molar-refractivity contribution >= 4 is 23.2 Å². The highest BCUT2D eigenvalue weighted by Crippen LogP contribution is 2.42. The molecule has 3 aromatic carbocycles. The normalized spacial score (nSPS) is 15.2. The largest absolute Gasteiger partial charge is 0.493 e. The molecule has 0 saturated carbocycles. The summed E-state index contributed by atoms with van der Waals surface area (Å²) < 4.78 is 16.2. The van der Waals surface area contributed by atoms with Gasteiger partial charge in [-0.3, -0.25) is 9.59 Å². The van der Waals surface area contributed by atoms with Crippen LogP contribution >= 0.6 is 0 Å². The van der Waals surface area contributed by atoms with Gasteiger partial charge in [-0.1, -0.05) is 48.5 Å². The molecule has 1 aliphatic rings. The molecule has 7 nitrogen and oxygen atoms in total. The fourth-order valence-corrected chi connectivity index (χ4v) is 4.37. The van der Waals surface area contributed by atoms with Crippen molar-refractivity contribution in [3.8, 4) is 28.4 Å². The second kappa shape index (κ2) is 9.87. The van der Waals surface area contributed by atoms with Crippen LogP contribution in [0.3, 0.4) is 0 Å². The molecule has 0 aliphatic carbocycles. The molecule has 1 unspecified atom stereocenters. The van der Waals surface area contributed by atoms with E-state index in [1.807, 2.05) is 54.6 Å². The summed E-state index contributed by atoms with van der Waals surface area (Å²) >= 11 is 0. The zero-order valence-electron chi connectivity index (χ0n) is 19.8. The van der Waals surface area contributed by atoms with Crippen molar-refractivity contribution in [2.75, 3.05) is 44.7 Å². The van der Waals surface area contributed by atoms with Gasteiger partial charge in [0, 0.05) is 37.7 Å². The molecule has 0 radical (unpaired) electrons. The summed E-state index contributed by atoms with van der Waals surface area (Å²) in [6.07, 6.45) is 0.132. The monoisotopic (exact) mass is 460 g/mol. The smallest absolute Gasteiger partial charge is 0.232 e. The lowest BCUT2D eigenvalue weighted by atomic mass is 10.0. The summed E-state index contributed by atoms with van der Waals surface area (Å²) in [5, 5.41) is 0. The maximum absolute atomic E-state index is 13.5. The van der Waals surface area contributed by atoms with Crippen molar-refractivity contribution in [1.82, 2.24) is 0 Å². The molecule has 1 heterocycles. The van der Waals surface area contributed by atoms with Crippen molar-refractivity contribution in [2.45, 2.75) is 6.42 Å². The number of amides is 2. The number of rotatable bonds is 7. The van der Waals surface area contributed by atoms with Crippen molar-refractivity contribution in [2.24, 2.45) is 5.92 Å². The first-order valence-corrected chi connectivity index (χ1v) is 11.0. The summed E-state index contributed by atoms with van der Waals surface area (Å²) in [6, 6.07) is 21.2. The molecule has 0 spiro atoms. The van der Waals surface area contributed by atoms with Gasteiger partial charge in [0.05, 0.1) is 38.6 Å². The van der Waals surface area contributed by atoms with Crippen LogP contribution in [-0.2, 0) is 9.59 Å². The molecule has 7 heteroatoms. The Kier molecular flexibility index (Phi) is 6.72. The van der Waals surface area contributed by atoms with Crippen LogP contribution in [0.1, 0.15) is 6.42 Å². The first-order valence-electron chi connectivity index (χ1n) is 11.0. The Labute approximate surface area is 199 Å². The van der Waals surface area contributed by atoms with E-state index in [0.29, 0.717) is 22.9 Å². The number of methoxy groups -OCH3 is 3. The minimum Gasteiger partial charge on any atom is -0.493 e. The van der Waals surface area contributed by atoms with Crippen molar-refractivity contribution in [3.05, 3.63) is 66.7 Å². The summed E-state index contributed by atoms with van der Waals surface area (Å²) in [5.41, 5.74) is 3.39. The molecule has 3 aromatic rings. The Balaban J connectivity index is 1.59. The van der Waals surface area contributed by atoms with Gasteiger partial charge in [0.25, 0.3) is 0 Å². The first-order chi connectivity index (χ1) is 16.5. The number of carbonyl (C=O) groups is 2. The van der Waals surface area contributed by atoms with Gasteiger partial charge in [-0.25, -0.2) is 0 Å². The molecule has 1 fully saturated rings. The molecular weight excluding hydrogens is 432 g/mol. The highest BCUT2D eigenvalue weighted by Gasteiger charge is 2.37. The Bertz CT molecular complexity index is 1170. The van der Waals surface area contributed by atoms with Gasteiger partial charge < -0.3 is 24.0 Å². The Hall–Kier alpha value is -4.00. The summed E-state index contributed by atoms with van der Waals surface area (Å²) in [7, 11) is 6.34. The molecule has 2 amide bonds. The van der Waals surface area contributed by atoms with Crippen molar-refractivity contribution in [1.29, 1.82) is 0 Å². The summed E-state index contributed by atoms with van der Waals surface area (Å²) in [6.45, 7) is 0.272. The molecule has 34 heavy (non-hydrogen) atoms. The van der Waals surface area contributed by atoms with Crippen LogP contribution in [0, 0.1) is 5.92 Å². The average Bonchev–Trinajstić information content (AvgIpc) is 3.28. The molecular formula is C27H28N2O5. The van der Waals surface area contributed by atoms with Crippen molar-refractivity contribution in [3.63, 3.8) is 0 Å². The van der Waals surface area contributed by atoms with E-state index in [1.54, 1.807) is 29.0 Å². The van der Waals surface area contributed by atoms with E-state index in [4.69, 9.17) is 14.2 Å². The number of para-hydroxylation sites is 1. The molecule has 1 aliphatic heterocycles. The lowest BCUT2D eigenvalue weighted by Gasteiger charge is -2.24.